The molecule has 0 radical (unpaired) electrons. The van der Waals surface area contributed by atoms with E-state index in [0.717, 1.165) is 29.8 Å². The Hall–Kier alpha value is -2.74. The van der Waals surface area contributed by atoms with Crippen LogP contribution < -0.4 is 9.80 Å². The van der Waals surface area contributed by atoms with E-state index in [1.54, 1.807) is 0 Å². The summed E-state index contributed by atoms with van der Waals surface area (Å²) in [6, 6.07) is 7.97. The van der Waals surface area contributed by atoms with E-state index in [2.05, 4.69) is 19.9 Å². The zero-order chi connectivity index (χ0) is 18.6. The largest absolute Gasteiger partial charge is 0.378 e. The van der Waals surface area contributed by atoms with Crippen LogP contribution in [-0.4, -0.2) is 59.3 Å². The number of benzene rings is 1. The molecule has 3 aromatic rings. The molecule has 1 saturated heterocycles. The second-order valence-electron chi connectivity index (χ2n) is 6.47. The predicted octanol–water partition coefficient (Wildman–Crippen LogP) is 2.40. The van der Waals surface area contributed by atoms with Crippen molar-refractivity contribution in [3.63, 3.8) is 0 Å². The van der Waals surface area contributed by atoms with E-state index in [0.29, 0.717) is 44.6 Å². The second kappa shape index (κ2) is 7.87. The number of anilines is 2. The van der Waals surface area contributed by atoms with Crippen molar-refractivity contribution in [3.05, 3.63) is 42.1 Å². The molecule has 0 unspecified atom stereocenters. The zero-order valence-corrected chi connectivity index (χ0v) is 15.4. The maximum absolute atomic E-state index is 14.2. The first-order valence-corrected chi connectivity index (χ1v) is 9.28. The smallest absolute Gasteiger partial charge is 0.227 e. The van der Waals surface area contributed by atoms with Gasteiger partial charge in [0.15, 0.2) is 11.6 Å². The minimum Gasteiger partial charge on any atom is -0.378 e. The van der Waals surface area contributed by atoms with Gasteiger partial charge in [0.25, 0.3) is 0 Å². The lowest BCUT2D eigenvalue weighted by Crippen LogP contribution is -2.38. The molecular formula is C19H23FN6O. The van der Waals surface area contributed by atoms with Crippen molar-refractivity contribution in [1.82, 2.24) is 19.9 Å². The Kier molecular flexibility index (Phi) is 5.15. The lowest BCUT2D eigenvalue weighted by atomic mass is 10.3. The topological polar surface area (TPSA) is 70.2 Å². The van der Waals surface area contributed by atoms with Gasteiger partial charge in [-0.1, -0.05) is 12.1 Å². The Bertz CT molecular complexity index is 875. The van der Waals surface area contributed by atoms with Crippen molar-refractivity contribution < 1.29 is 9.13 Å². The number of imidazole rings is 1. The van der Waals surface area contributed by atoms with E-state index in [1.807, 2.05) is 41.0 Å². The quantitative estimate of drug-likeness (QED) is 0.719. The van der Waals surface area contributed by atoms with Crippen LogP contribution in [0.15, 0.2) is 30.5 Å². The molecule has 0 saturated carbocycles. The van der Waals surface area contributed by atoms with Gasteiger partial charge in [0, 0.05) is 32.6 Å². The Morgan fingerprint density at radius 2 is 2.04 bits per heavy atom. The summed E-state index contributed by atoms with van der Waals surface area (Å²) < 4.78 is 19.6. The second-order valence-corrected chi connectivity index (χ2v) is 6.47. The van der Waals surface area contributed by atoms with Crippen LogP contribution >= 0.6 is 0 Å². The van der Waals surface area contributed by atoms with Crippen molar-refractivity contribution in [2.75, 3.05) is 49.2 Å². The molecule has 1 N–H and O–H groups in total. The molecule has 3 heterocycles. The third-order valence-corrected chi connectivity index (χ3v) is 4.75. The molecule has 0 spiro atoms. The van der Waals surface area contributed by atoms with Gasteiger partial charge >= 0.3 is 0 Å². The third-order valence-electron chi connectivity index (χ3n) is 4.75. The van der Waals surface area contributed by atoms with Gasteiger partial charge in [0.1, 0.15) is 5.82 Å². The number of nitrogens with one attached hydrogen (secondary N) is 1. The molecular weight excluding hydrogens is 347 g/mol. The van der Waals surface area contributed by atoms with E-state index in [-0.39, 0.29) is 0 Å². The van der Waals surface area contributed by atoms with Crippen molar-refractivity contribution in [3.8, 4) is 0 Å². The first kappa shape index (κ1) is 17.7. The Morgan fingerprint density at radius 1 is 1.22 bits per heavy atom. The number of fused-ring (bicyclic) bond motifs is 1. The number of nitrogens with zero attached hydrogens (tertiary/aromatic N) is 5. The first-order valence-electron chi connectivity index (χ1n) is 9.28. The van der Waals surface area contributed by atoms with Gasteiger partial charge in [0.05, 0.1) is 30.4 Å². The van der Waals surface area contributed by atoms with Gasteiger partial charge in [-0.05, 0) is 19.1 Å². The summed E-state index contributed by atoms with van der Waals surface area (Å²) in [6.45, 7) is 5.92. The fourth-order valence-electron chi connectivity index (χ4n) is 3.26. The molecule has 142 valence electrons. The summed E-state index contributed by atoms with van der Waals surface area (Å²) >= 11 is 0. The van der Waals surface area contributed by atoms with E-state index in [9.17, 15) is 4.39 Å². The van der Waals surface area contributed by atoms with Gasteiger partial charge < -0.3 is 19.5 Å². The summed E-state index contributed by atoms with van der Waals surface area (Å²) in [4.78, 5) is 20.6. The zero-order valence-electron chi connectivity index (χ0n) is 15.4. The third kappa shape index (κ3) is 3.85. The Labute approximate surface area is 157 Å². The molecule has 0 aliphatic carbocycles. The standard InChI is InChI=1S/C19H23FN6O/c1-2-25(8-7-17-22-15-5-3-4-6-16(15)23-17)19-21-13-14(20)18(24-19)26-9-11-27-12-10-26/h3-6,13H,2,7-12H2,1H3,(H,22,23). The Morgan fingerprint density at radius 3 is 2.81 bits per heavy atom. The maximum atomic E-state index is 14.2. The number of hydrogen-bond donors (Lipinski definition) is 1. The van der Waals surface area contributed by atoms with Gasteiger partial charge in [-0.2, -0.15) is 4.98 Å². The minimum absolute atomic E-state index is 0.352. The van der Waals surface area contributed by atoms with Crippen LogP contribution in [0.2, 0.25) is 0 Å². The van der Waals surface area contributed by atoms with Crippen LogP contribution in [0.4, 0.5) is 16.2 Å². The van der Waals surface area contributed by atoms with E-state index in [1.165, 1.54) is 6.20 Å². The Balaban J connectivity index is 1.49. The van der Waals surface area contributed by atoms with Crippen molar-refractivity contribution >= 4 is 22.8 Å². The number of para-hydroxylation sites is 2. The molecule has 0 amide bonds. The van der Waals surface area contributed by atoms with E-state index < -0.39 is 5.82 Å². The number of likely N-dealkylation sites (N-methyl/N-ethyl adjacent to an activating group) is 1. The minimum atomic E-state index is -0.394. The SMILES string of the molecule is CCN(CCc1nc2ccccc2[nH]1)c1ncc(F)c(N2CCOCC2)n1. The average molecular weight is 370 g/mol. The number of H-pyrrole nitrogens is 1. The molecule has 7 nitrogen and oxygen atoms in total. The molecule has 1 fully saturated rings. The maximum Gasteiger partial charge on any atom is 0.227 e. The molecule has 1 aliphatic heterocycles. The first-order chi connectivity index (χ1) is 13.2. The average Bonchev–Trinajstić information content (AvgIpc) is 3.13. The predicted molar refractivity (Wildman–Crippen MR) is 103 cm³/mol. The summed E-state index contributed by atoms with van der Waals surface area (Å²) in [5.41, 5.74) is 1.99. The van der Waals surface area contributed by atoms with Gasteiger partial charge in [-0.15, -0.1) is 0 Å². The number of halogens is 1. The van der Waals surface area contributed by atoms with E-state index in [4.69, 9.17) is 4.74 Å². The highest BCUT2D eigenvalue weighted by molar-refractivity contribution is 5.74. The fraction of sp³-hybridized carbons (Fsp3) is 0.421. The molecule has 4 rings (SSSR count). The molecule has 0 bridgehead atoms. The van der Waals surface area contributed by atoms with Crippen molar-refractivity contribution in [1.29, 1.82) is 0 Å². The number of aromatic nitrogens is 4. The van der Waals surface area contributed by atoms with Gasteiger partial charge in [-0.25, -0.2) is 14.4 Å². The van der Waals surface area contributed by atoms with Crippen LogP contribution in [0.3, 0.4) is 0 Å². The monoisotopic (exact) mass is 370 g/mol. The van der Waals surface area contributed by atoms with Crippen LogP contribution in [0.25, 0.3) is 11.0 Å². The highest BCUT2D eigenvalue weighted by Crippen LogP contribution is 2.20. The van der Waals surface area contributed by atoms with Crippen molar-refractivity contribution in [2.45, 2.75) is 13.3 Å². The summed E-state index contributed by atoms with van der Waals surface area (Å²) in [6.07, 6.45) is 1.99. The number of rotatable bonds is 6. The molecule has 1 aliphatic rings. The van der Waals surface area contributed by atoms with Gasteiger partial charge in [0.2, 0.25) is 5.95 Å². The normalized spacial score (nSPS) is 14.7. The van der Waals surface area contributed by atoms with E-state index >= 15 is 0 Å². The van der Waals surface area contributed by atoms with Crippen LogP contribution in [0.5, 0.6) is 0 Å². The fourth-order valence-corrected chi connectivity index (χ4v) is 3.26. The summed E-state index contributed by atoms with van der Waals surface area (Å²) in [5, 5.41) is 0. The number of ether oxygens (including phenoxy) is 1. The summed E-state index contributed by atoms with van der Waals surface area (Å²) in [7, 11) is 0. The summed E-state index contributed by atoms with van der Waals surface area (Å²) in [5.74, 6) is 1.42. The molecule has 0 atom stereocenters. The number of hydrogen-bond acceptors (Lipinski definition) is 6. The van der Waals surface area contributed by atoms with Crippen LogP contribution in [0, 0.1) is 5.82 Å². The highest BCUT2D eigenvalue weighted by Gasteiger charge is 2.19. The molecule has 1 aromatic carbocycles. The van der Waals surface area contributed by atoms with Crippen molar-refractivity contribution in [2.24, 2.45) is 0 Å². The molecule has 8 heteroatoms. The molecule has 2 aromatic heterocycles. The number of aromatic amines is 1. The highest BCUT2D eigenvalue weighted by atomic mass is 19.1. The number of morpholine rings is 1. The van der Waals surface area contributed by atoms with Crippen LogP contribution in [-0.2, 0) is 11.2 Å². The lowest BCUT2D eigenvalue weighted by Gasteiger charge is -2.29. The van der Waals surface area contributed by atoms with Gasteiger partial charge in [-0.3, -0.25) is 0 Å². The lowest BCUT2D eigenvalue weighted by molar-refractivity contribution is 0.122. The van der Waals surface area contributed by atoms with Crippen LogP contribution in [0.1, 0.15) is 12.7 Å². The molecule has 27 heavy (non-hydrogen) atoms.